The fourth-order valence-corrected chi connectivity index (χ4v) is 13.2. The molecule has 1 aliphatic carbocycles. The summed E-state index contributed by atoms with van der Waals surface area (Å²) < 4.78 is 35.2. The van der Waals surface area contributed by atoms with Crippen LogP contribution in [0, 0.1) is 15.5 Å². The molecule has 2 fully saturated rings. The minimum Gasteiger partial charge on any atom is -0.444 e. The van der Waals surface area contributed by atoms with Gasteiger partial charge in [0.1, 0.15) is 11.3 Å². The van der Waals surface area contributed by atoms with Crippen LogP contribution in [0.15, 0.2) is 131 Å². The van der Waals surface area contributed by atoms with Gasteiger partial charge in [-0.3, -0.25) is 34.6 Å². The lowest BCUT2D eigenvalue weighted by atomic mass is 9.71. The Morgan fingerprint density at radius 1 is 0.859 bits per heavy atom. The number of anilines is 2. The van der Waals surface area contributed by atoms with E-state index >= 15 is 0 Å². The van der Waals surface area contributed by atoms with Gasteiger partial charge in [0.2, 0.25) is 0 Å². The van der Waals surface area contributed by atoms with E-state index in [-0.39, 0.29) is 33.7 Å². The summed E-state index contributed by atoms with van der Waals surface area (Å²) in [6.07, 6.45) is 6.15. The number of amides is 2. The molecule has 0 spiro atoms. The fourth-order valence-electron chi connectivity index (χ4n) is 11.1. The van der Waals surface area contributed by atoms with Crippen molar-refractivity contribution >= 4 is 68.0 Å². The van der Waals surface area contributed by atoms with Gasteiger partial charge < -0.3 is 19.9 Å². The topological polar surface area (TPSA) is 174 Å². The number of carbonyl (C=O) groups is 2. The van der Waals surface area contributed by atoms with E-state index in [2.05, 4.69) is 59.7 Å². The molecule has 1 unspecified atom stereocenters. The molecule has 78 heavy (non-hydrogen) atoms. The van der Waals surface area contributed by atoms with Crippen LogP contribution in [-0.4, -0.2) is 146 Å². The minimum absolute atomic E-state index is 0.0706. The van der Waals surface area contributed by atoms with Crippen LogP contribution in [0.5, 0.6) is 0 Å². The Morgan fingerprint density at radius 2 is 1.58 bits per heavy atom. The molecule has 2 N–H and O–H groups in total. The number of nitrogens with one attached hydrogen (secondary N) is 2. The lowest BCUT2D eigenvalue weighted by Gasteiger charge is -2.44. The summed E-state index contributed by atoms with van der Waals surface area (Å²) in [5, 5.41) is 16.6. The van der Waals surface area contributed by atoms with Crippen molar-refractivity contribution in [1.29, 1.82) is 0 Å². The molecule has 4 heterocycles. The van der Waals surface area contributed by atoms with Crippen LogP contribution in [0.3, 0.4) is 0 Å². The molecule has 0 radical (unpaired) electrons. The number of pyridine rings is 1. The van der Waals surface area contributed by atoms with E-state index in [9.17, 15) is 28.1 Å². The highest BCUT2D eigenvalue weighted by Crippen LogP contribution is 2.44. The van der Waals surface area contributed by atoms with Crippen molar-refractivity contribution in [2.45, 2.75) is 87.8 Å². The molecule has 0 saturated carbocycles. The maximum Gasteiger partial charge on any atom is 0.410 e. The average Bonchev–Trinajstić information content (AvgIpc) is 3.44. The number of rotatable bonds is 18. The summed E-state index contributed by atoms with van der Waals surface area (Å²) >= 11 is 7.98. The van der Waals surface area contributed by atoms with Crippen molar-refractivity contribution in [1.82, 2.24) is 29.3 Å². The van der Waals surface area contributed by atoms with Crippen molar-refractivity contribution in [2.24, 2.45) is 5.41 Å². The Balaban J connectivity index is 0.799. The number of nitro groups is 1. The van der Waals surface area contributed by atoms with Crippen molar-refractivity contribution in [2.75, 3.05) is 94.5 Å². The molecule has 2 amide bonds. The van der Waals surface area contributed by atoms with Crippen LogP contribution in [0.2, 0.25) is 5.02 Å². The third-order valence-corrected chi connectivity index (χ3v) is 18.0. The first-order chi connectivity index (χ1) is 37.3. The Kier molecular flexibility index (Phi) is 18.2. The zero-order valence-electron chi connectivity index (χ0n) is 45.2. The summed E-state index contributed by atoms with van der Waals surface area (Å²) in [7, 11) is -4.50. The number of nitrogens with zero attached hydrogens (tertiary/aromatic N) is 7. The van der Waals surface area contributed by atoms with Gasteiger partial charge in [-0.25, -0.2) is 17.9 Å². The summed E-state index contributed by atoms with van der Waals surface area (Å²) in [6.45, 7) is 18.4. The Hall–Kier alpha value is -6.02. The number of ether oxygens (including phenoxy) is 1. The maximum absolute atomic E-state index is 13.7. The van der Waals surface area contributed by atoms with Gasteiger partial charge in [0.05, 0.1) is 15.5 Å². The predicted octanol–water partition coefficient (Wildman–Crippen LogP) is 10.1. The van der Waals surface area contributed by atoms with E-state index in [4.69, 9.17) is 16.3 Å². The van der Waals surface area contributed by atoms with Crippen LogP contribution in [0.4, 0.5) is 21.9 Å². The number of thioether (sulfide) groups is 1. The first kappa shape index (κ1) is 56.7. The summed E-state index contributed by atoms with van der Waals surface area (Å²) in [4.78, 5) is 55.0. The van der Waals surface area contributed by atoms with Crippen LogP contribution in [0.1, 0.15) is 80.6 Å². The fraction of sp³-hybridized carbons (Fsp3) is 0.441. The number of piperazine rings is 2. The quantitative estimate of drug-likeness (QED) is 0.0482. The number of nitro benzene ring substituents is 1. The molecule has 5 aromatic rings. The Morgan fingerprint density at radius 3 is 2.28 bits per heavy atom. The zero-order valence-corrected chi connectivity index (χ0v) is 47.6. The number of allylic oxidation sites excluding steroid dienone is 1. The lowest BCUT2D eigenvalue weighted by Crippen LogP contribution is -2.52. The molecule has 4 aliphatic rings. The number of benzene rings is 4. The number of sulfonamides is 1. The number of hydrogen-bond acceptors (Lipinski definition) is 14. The first-order valence-electron chi connectivity index (χ1n) is 27.0. The van der Waals surface area contributed by atoms with Gasteiger partial charge in [-0.1, -0.05) is 60.5 Å². The molecule has 9 rings (SSSR count). The van der Waals surface area contributed by atoms with E-state index in [1.54, 1.807) is 23.9 Å². The van der Waals surface area contributed by atoms with Gasteiger partial charge in [0.25, 0.3) is 21.6 Å². The largest absolute Gasteiger partial charge is 0.444 e. The second-order valence-electron chi connectivity index (χ2n) is 22.4. The molecule has 3 aliphatic heterocycles. The van der Waals surface area contributed by atoms with E-state index in [0.717, 1.165) is 120 Å². The third kappa shape index (κ3) is 15.0. The van der Waals surface area contributed by atoms with Gasteiger partial charge >= 0.3 is 6.09 Å². The molecular weight excluding hydrogens is 1050 g/mol. The highest BCUT2D eigenvalue weighted by Gasteiger charge is 2.36. The molecule has 1 aromatic heterocycles. The van der Waals surface area contributed by atoms with E-state index < -0.39 is 32.1 Å². The molecule has 2 saturated heterocycles. The number of aromatic nitrogens is 1. The minimum atomic E-state index is -4.50. The molecular formula is C59H72ClN9O7S2. The van der Waals surface area contributed by atoms with Gasteiger partial charge in [0, 0.05) is 130 Å². The molecule has 19 heteroatoms. The lowest BCUT2D eigenvalue weighted by molar-refractivity contribution is -0.384. The number of carbonyl (C=O) groups excluding carboxylic acids is 2. The molecule has 16 nitrogen and oxygen atoms in total. The first-order valence-corrected chi connectivity index (χ1v) is 29.9. The van der Waals surface area contributed by atoms with E-state index in [1.807, 2.05) is 92.5 Å². The SMILES string of the molecule is CC(C)(C)OC(=O)N1CCN(C[C@]2(C)CCC(c3ccc(Cl)cc3)=C(CN3CCN(c4ccc(C(=O)NS(=O)(=O)c5ccc(NC(CCN6CCc7cccnc7C6)CSc6ccccc6)c([N+](=O)[O-])c5)cc4)CC3)C2)CC1. The summed E-state index contributed by atoms with van der Waals surface area (Å²) in [5.41, 5.74) is 6.79. The van der Waals surface area contributed by atoms with E-state index in [1.165, 1.54) is 34.4 Å². The summed E-state index contributed by atoms with van der Waals surface area (Å²) in [5.74, 6) is -0.223. The second kappa shape index (κ2) is 25.0. The molecule has 2 atom stereocenters. The molecule has 4 aromatic carbocycles. The maximum atomic E-state index is 13.7. The molecule has 414 valence electrons. The van der Waals surface area contributed by atoms with Crippen molar-refractivity contribution in [3.8, 4) is 0 Å². The highest BCUT2D eigenvalue weighted by molar-refractivity contribution is 7.99. The third-order valence-electron chi connectivity index (χ3n) is 15.3. The molecule has 0 bridgehead atoms. The average molecular weight is 1120 g/mol. The number of fused-ring (bicyclic) bond motifs is 1. The monoisotopic (exact) mass is 1120 g/mol. The standard InChI is InChI=1S/C59H72ClN9O7S2/c1-58(2,3)76-57(71)68-35-31-66(32-36-68)42-59(4)25-22-52(43-12-16-47(60)17-13-43)46(38-59)39-65-29-33-67(34-30-65)49-18-14-45(15-19-49)56(70)63-78(74,75)51-20-21-53(55(37-51)69(72)73)62-48(41-77-50-10-6-5-7-11-50)24-28-64-27-23-44-9-8-26-61-54(44)40-64/h5-21,26,37,48,62H,22-25,27-36,38-42H2,1-4H3,(H,63,70)/t48?,59-/m1/s1. The summed E-state index contributed by atoms with van der Waals surface area (Å²) in [6, 6.07) is 32.6. The van der Waals surface area contributed by atoms with Crippen molar-refractivity contribution < 1.29 is 27.7 Å². The smallest absolute Gasteiger partial charge is 0.410 e. The Labute approximate surface area is 468 Å². The second-order valence-corrected chi connectivity index (χ2v) is 25.6. The Bertz CT molecular complexity index is 3050. The van der Waals surface area contributed by atoms with Gasteiger partial charge in [-0.2, -0.15) is 0 Å². The van der Waals surface area contributed by atoms with Crippen LogP contribution < -0.4 is 14.9 Å². The highest BCUT2D eigenvalue weighted by atomic mass is 35.5. The van der Waals surface area contributed by atoms with E-state index in [0.29, 0.717) is 30.3 Å². The van der Waals surface area contributed by atoms with Gasteiger partial charge in [-0.15, -0.1) is 11.8 Å². The van der Waals surface area contributed by atoms with Crippen molar-refractivity contribution in [3.63, 3.8) is 0 Å². The van der Waals surface area contributed by atoms with Gasteiger partial charge in [0.15, 0.2) is 0 Å². The number of halogens is 1. The van der Waals surface area contributed by atoms with Crippen LogP contribution in [0.25, 0.3) is 5.57 Å². The van der Waals surface area contributed by atoms with Crippen LogP contribution in [-0.2, 0) is 27.7 Å². The van der Waals surface area contributed by atoms with Gasteiger partial charge in [-0.05, 0) is 142 Å². The predicted molar refractivity (Wildman–Crippen MR) is 310 cm³/mol. The van der Waals surface area contributed by atoms with Crippen LogP contribution >= 0.6 is 23.4 Å². The van der Waals surface area contributed by atoms with Crippen molar-refractivity contribution in [3.05, 3.63) is 158 Å². The normalized spacial score (nSPS) is 19.2. The number of hydrogen-bond donors (Lipinski definition) is 2. The zero-order chi connectivity index (χ0) is 55.0.